The quantitative estimate of drug-likeness (QED) is 0.222. The highest BCUT2D eigenvalue weighted by molar-refractivity contribution is 5.76. The van der Waals surface area contributed by atoms with Crippen LogP contribution in [-0.4, -0.2) is 110 Å². The van der Waals surface area contributed by atoms with E-state index in [0.717, 1.165) is 27.7 Å². The van der Waals surface area contributed by atoms with Gasteiger partial charge in [-0.15, -0.1) is 0 Å². The van der Waals surface area contributed by atoms with Gasteiger partial charge in [0.15, 0.2) is 23.9 Å². The molecule has 2 saturated heterocycles. The van der Waals surface area contributed by atoms with Crippen LogP contribution in [0.1, 0.15) is 72.5 Å². The van der Waals surface area contributed by atoms with Crippen LogP contribution >= 0.6 is 0 Å². The van der Waals surface area contributed by atoms with Crippen molar-refractivity contribution in [2.75, 3.05) is 6.61 Å². The lowest BCUT2D eigenvalue weighted by atomic mass is 9.32. The van der Waals surface area contributed by atoms with Crippen molar-refractivity contribution in [1.82, 2.24) is 0 Å². The highest BCUT2D eigenvalue weighted by atomic mass is 16.6. The van der Waals surface area contributed by atoms with E-state index < -0.39 is 143 Å². The van der Waals surface area contributed by atoms with Crippen molar-refractivity contribution in [1.29, 1.82) is 0 Å². The smallest absolute Gasteiger partial charge is 0.306 e. The second-order valence-electron chi connectivity index (χ2n) is 15.4. The molecule has 4 saturated carbocycles. The first-order valence-corrected chi connectivity index (χ1v) is 16.6. The summed E-state index contributed by atoms with van der Waals surface area (Å²) >= 11 is 0. The normalized spacial score (nSPS) is 48.9. The molecule has 0 aromatic carbocycles. The highest BCUT2D eigenvalue weighted by Crippen LogP contribution is 2.84. The number of furan rings is 1. The van der Waals surface area contributed by atoms with Crippen molar-refractivity contribution in [2.45, 2.75) is 114 Å². The molecule has 4 aliphatic carbocycles. The average Bonchev–Trinajstić information content (AvgIpc) is 3.67. The first-order chi connectivity index (χ1) is 23.6. The number of cyclic esters (lactones) is 2. The number of fused-ring (bicyclic) bond motifs is 5. The Bertz CT molecular complexity index is 1740. The standard InChI is InChI=1S/C34H40O17/c1-14(35)47-24-25(48-15(2)36)34(44)30-13-46-21(39)9-19(30)28(5)12-31(30,41)33(43,26(28)49-16(3)37)27(50-17(4)38)32(34,42)20-10-22(40)51-23(29(20,24)6)18-7-8-45-11-18/h7-8,11,19-20,23-27,41-44H,9-10,12-13H2,1-6H3/t19-,20+,23-,24-,25+,26-,27-,28+,29+,30+,31+,32+,33-,34-/m0/s1. The molecular weight excluding hydrogens is 680 g/mol. The minimum Gasteiger partial charge on any atom is -0.472 e. The van der Waals surface area contributed by atoms with E-state index in [4.69, 9.17) is 32.8 Å². The van der Waals surface area contributed by atoms with E-state index in [1.807, 2.05) is 0 Å². The maximum atomic E-state index is 13.9. The molecule has 14 atom stereocenters. The zero-order valence-electron chi connectivity index (χ0n) is 28.7. The van der Waals surface area contributed by atoms with E-state index in [9.17, 15) is 49.2 Å². The first-order valence-electron chi connectivity index (χ1n) is 16.6. The molecule has 17 heteroatoms. The third-order valence-corrected chi connectivity index (χ3v) is 13.1. The molecule has 0 radical (unpaired) electrons. The van der Waals surface area contributed by atoms with Gasteiger partial charge in [-0.2, -0.15) is 0 Å². The van der Waals surface area contributed by atoms with Crippen LogP contribution in [0.3, 0.4) is 0 Å². The summed E-state index contributed by atoms with van der Waals surface area (Å²) in [5, 5.41) is 54.1. The van der Waals surface area contributed by atoms with Gasteiger partial charge in [0.05, 0.1) is 29.8 Å². The molecule has 278 valence electrons. The number of hydrogen-bond acceptors (Lipinski definition) is 17. The van der Waals surface area contributed by atoms with Crippen LogP contribution < -0.4 is 0 Å². The molecule has 2 aliphatic heterocycles. The number of ether oxygens (including phenoxy) is 6. The number of rotatable bonds is 5. The minimum absolute atomic E-state index is 0.191. The topological polar surface area (TPSA) is 252 Å². The highest BCUT2D eigenvalue weighted by Gasteiger charge is 3.01. The fourth-order valence-electron chi connectivity index (χ4n) is 11.8. The van der Waals surface area contributed by atoms with Gasteiger partial charge < -0.3 is 53.3 Å². The van der Waals surface area contributed by atoms with E-state index >= 15 is 0 Å². The Labute approximate surface area is 290 Å². The number of carbonyl (C=O) groups is 6. The minimum atomic E-state index is -3.18. The van der Waals surface area contributed by atoms with E-state index in [1.54, 1.807) is 0 Å². The molecule has 4 N–H and O–H groups in total. The Balaban J connectivity index is 1.65. The summed E-state index contributed by atoms with van der Waals surface area (Å²) in [4.78, 5) is 78.6. The second-order valence-corrected chi connectivity index (χ2v) is 15.4. The van der Waals surface area contributed by atoms with Gasteiger partial charge in [0.2, 0.25) is 0 Å². The lowest BCUT2D eigenvalue weighted by Crippen LogP contribution is -2.99. The Morgan fingerprint density at radius 3 is 1.90 bits per heavy atom. The van der Waals surface area contributed by atoms with Crippen LogP contribution in [0.5, 0.6) is 0 Å². The third-order valence-electron chi connectivity index (χ3n) is 13.1. The summed E-state index contributed by atoms with van der Waals surface area (Å²) in [5.41, 5.74) is -17.9. The molecular formula is C34H40O17. The third kappa shape index (κ3) is 3.79. The molecule has 2 bridgehead atoms. The van der Waals surface area contributed by atoms with Crippen LogP contribution in [0.15, 0.2) is 23.0 Å². The molecule has 3 heterocycles. The van der Waals surface area contributed by atoms with Crippen molar-refractivity contribution >= 4 is 35.8 Å². The predicted molar refractivity (Wildman–Crippen MR) is 160 cm³/mol. The van der Waals surface area contributed by atoms with Gasteiger partial charge in [0.1, 0.15) is 35.6 Å². The summed E-state index contributed by atoms with van der Waals surface area (Å²) in [6.45, 7) is 5.99. The monoisotopic (exact) mass is 720 g/mol. The van der Waals surface area contributed by atoms with Crippen LogP contribution in [0, 0.1) is 28.1 Å². The Morgan fingerprint density at radius 1 is 0.765 bits per heavy atom. The maximum Gasteiger partial charge on any atom is 0.306 e. The van der Waals surface area contributed by atoms with E-state index in [1.165, 1.54) is 32.4 Å². The Morgan fingerprint density at radius 2 is 1.33 bits per heavy atom. The van der Waals surface area contributed by atoms with Crippen molar-refractivity contribution in [3.63, 3.8) is 0 Å². The molecule has 51 heavy (non-hydrogen) atoms. The number of aliphatic hydroxyl groups is 4. The van der Waals surface area contributed by atoms with Gasteiger partial charge in [-0.1, -0.05) is 13.8 Å². The summed E-state index contributed by atoms with van der Waals surface area (Å²) in [6.07, 6.45) is -9.09. The van der Waals surface area contributed by atoms with E-state index in [-0.39, 0.29) is 5.56 Å². The molecule has 0 amide bonds. The molecule has 1 spiro atoms. The SMILES string of the molecule is CC(=O)O[C@@H]1[C@@]2(O)[C@@H](OC(C)=O)[C@]3(C)C[C@@]2(O)[C@]2(COC(=O)C[C@@H]32)[C@@]2(O)[C@H](OC(C)=O)[C@H](OC(C)=O)[C@]3(C)[C@@H](CC(=O)O[C@H]3c3ccoc3)[C@@]12O. The summed E-state index contributed by atoms with van der Waals surface area (Å²) in [7, 11) is 0. The fraction of sp³-hybridized carbons (Fsp3) is 0.706. The summed E-state index contributed by atoms with van der Waals surface area (Å²) in [6, 6.07) is 1.43. The summed E-state index contributed by atoms with van der Waals surface area (Å²) < 4.78 is 40.0. The van der Waals surface area contributed by atoms with Crippen molar-refractivity contribution < 1.29 is 82.0 Å². The van der Waals surface area contributed by atoms with Gasteiger partial charge in [-0.25, -0.2) is 0 Å². The van der Waals surface area contributed by atoms with E-state index in [0.29, 0.717) is 0 Å². The lowest BCUT2D eigenvalue weighted by Gasteiger charge is -2.78. The van der Waals surface area contributed by atoms with Gasteiger partial charge in [0, 0.05) is 51.0 Å². The Kier molecular flexibility index (Phi) is 7.29. The zero-order chi connectivity index (χ0) is 37.5. The van der Waals surface area contributed by atoms with Gasteiger partial charge in [-0.05, 0) is 18.4 Å². The van der Waals surface area contributed by atoms with Gasteiger partial charge >= 0.3 is 35.8 Å². The van der Waals surface area contributed by atoms with Gasteiger partial charge in [0.25, 0.3) is 0 Å². The first kappa shape index (κ1) is 35.3. The average molecular weight is 721 g/mol. The lowest BCUT2D eigenvalue weighted by molar-refractivity contribution is -0.470. The molecule has 0 unspecified atom stereocenters. The number of hydrogen-bond donors (Lipinski definition) is 4. The number of esters is 6. The van der Waals surface area contributed by atoms with Crippen LogP contribution in [0.2, 0.25) is 0 Å². The summed E-state index contributed by atoms with van der Waals surface area (Å²) in [5.74, 6) is -8.89. The molecule has 6 aliphatic rings. The van der Waals surface area contributed by atoms with Crippen LogP contribution in [0.4, 0.5) is 0 Å². The largest absolute Gasteiger partial charge is 0.472 e. The molecule has 1 aromatic heterocycles. The van der Waals surface area contributed by atoms with Crippen LogP contribution in [-0.2, 0) is 57.2 Å². The Hall–Kier alpha value is -4.06. The van der Waals surface area contributed by atoms with E-state index in [2.05, 4.69) is 0 Å². The molecule has 17 nitrogen and oxygen atoms in total. The number of carbonyl (C=O) groups excluding carboxylic acids is 6. The second kappa shape index (κ2) is 10.5. The zero-order valence-corrected chi connectivity index (χ0v) is 28.7. The molecule has 6 fully saturated rings. The van der Waals surface area contributed by atoms with Crippen molar-refractivity contribution in [2.24, 2.45) is 28.1 Å². The van der Waals surface area contributed by atoms with Crippen molar-refractivity contribution in [3.8, 4) is 0 Å². The maximum absolute atomic E-state index is 13.9. The van der Waals surface area contributed by atoms with Crippen molar-refractivity contribution in [3.05, 3.63) is 24.2 Å². The van der Waals surface area contributed by atoms with Crippen LogP contribution in [0.25, 0.3) is 0 Å². The molecule has 7 rings (SSSR count). The molecule has 1 aromatic rings. The predicted octanol–water partition coefficient (Wildman–Crippen LogP) is -0.458. The fourth-order valence-corrected chi connectivity index (χ4v) is 11.8. The van der Waals surface area contributed by atoms with Gasteiger partial charge in [-0.3, -0.25) is 28.8 Å².